The van der Waals surface area contributed by atoms with Crippen molar-refractivity contribution in [2.24, 2.45) is 0 Å². The van der Waals surface area contributed by atoms with Crippen molar-refractivity contribution in [1.29, 1.82) is 10.5 Å². The second kappa shape index (κ2) is 10.8. The second-order valence-electron chi connectivity index (χ2n) is 10.5. The number of anilines is 3. The minimum absolute atomic E-state index is 0.0931. The molecule has 6 rings (SSSR count). The molecule has 1 aliphatic rings. The quantitative estimate of drug-likeness (QED) is 0.208. The number of halogens is 2. The maximum atomic E-state index is 9.16. The van der Waals surface area contributed by atoms with Crippen LogP contribution in [0.1, 0.15) is 31.2 Å². The van der Waals surface area contributed by atoms with E-state index in [1.165, 1.54) is 33.2 Å². The lowest BCUT2D eigenvalue weighted by Crippen LogP contribution is -2.16. The molecule has 1 aliphatic heterocycles. The fraction of sp³-hybridized carbons (Fsp3) is 0.118. The summed E-state index contributed by atoms with van der Waals surface area (Å²) in [7, 11) is 0. The van der Waals surface area contributed by atoms with E-state index in [2.05, 4.69) is 111 Å². The molecular formula is C34H25F2N3S. The highest BCUT2D eigenvalue weighted by Gasteiger charge is 2.27. The van der Waals surface area contributed by atoms with Crippen molar-refractivity contribution < 1.29 is 9.15 Å². The Morgan fingerprint density at radius 2 is 1.45 bits per heavy atom. The SMILES string of the molecule is CC(C)(C)c1ccc(N2c3ccccc3-c3cccc4c(-c5ccc(C=C(C#N)C#N)s5)ccc2c34)cc1.FF. The molecule has 6 heteroatoms. The highest BCUT2D eigenvalue weighted by Crippen LogP contribution is 2.52. The van der Waals surface area contributed by atoms with Crippen LogP contribution in [0, 0.1) is 22.7 Å². The molecule has 0 amide bonds. The smallest absolute Gasteiger partial charge is 0.131 e. The van der Waals surface area contributed by atoms with Crippen molar-refractivity contribution in [2.75, 3.05) is 4.90 Å². The van der Waals surface area contributed by atoms with Gasteiger partial charge in [0.2, 0.25) is 0 Å². The van der Waals surface area contributed by atoms with E-state index in [-0.39, 0.29) is 11.0 Å². The van der Waals surface area contributed by atoms with E-state index in [1.807, 2.05) is 18.2 Å². The van der Waals surface area contributed by atoms with Gasteiger partial charge in [0.15, 0.2) is 0 Å². The lowest BCUT2D eigenvalue weighted by Gasteiger charge is -2.34. The molecule has 0 atom stereocenters. The van der Waals surface area contributed by atoms with E-state index in [1.54, 1.807) is 17.4 Å². The summed E-state index contributed by atoms with van der Waals surface area (Å²) < 4.78 is 16.0. The Morgan fingerprint density at radius 1 is 0.750 bits per heavy atom. The van der Waals surface area contributed by atoms with Gasteiger partial charge in [-0.25, -0.2) is 0 Å². The van der Waals surface area contributed by atoms with Crippen LogP contribution in [0.3, 0.4) is 0 Å². The van der Waals surface area contributed by atoms with Crippen LogP contribution < -0.4 is 4.90 Å². The summed E-state index contributed by atoms with van der Waals surface area (Å²) in [6.45, 7) is 6.72. The van der Waals surface area contributed by atoms with Gasteiger partial charge in [0.05, 0.1) is 11.4 Å². The minimum atomic E-state index is 0.0931. The predicted molar refractivity (Wildman–Crippen MR) is 161 cm³/mol. The maximum Gasteiger partial charge on any atom is 0.131 e. The molecule has 0 bridgehead atoms. The molecule has 0 unspecified atom stereocenters. The summed E-state index contributed by atoms with van der Waals surface area (Å²) >= 11 is 1.59. The number of fused-ring (bicyclic) bond motifs is 2. The molecule has 0 fully saturated rings. The molecular weight excluding hydrogens is 520 g/mol. The monoisotopic (exact) mass is 545 g/mol. The highest BCUT2D eigenvalue weighted by molar-refractivity contribution is 7.16. The van der Waals surface area contributed by atoms with Crippen LogP contribution in [-0.2, 0) is 5.41 Å². The first-order chi connectivity index (χ1) is 19.4. The maximum absolute atomic E-state index is 9.16. The first-order valence-corrected chi connectivity index (χ1v) is 13.5. The van der Waals surface area contributed by atoms with Gasteiger partial charge >= 0.3 is 0 Å². The number of nitrogens with zero attached hydrogens (tertiary/aromatic N) is 3. The van der Waals surface area contributed by atoms with E-state index in [4.69, 9.17) is 19.7 Å². The van der Waals surface area contributed by atoms with Crippen molar-refractivity contribution in [3.63, 3.8) is 0 Å². The van der Waals surface area contributed by atoms with Crippen LogP contribution in [-0.4, -0.2) is 0 Å². The molecule has 0 saturated carbocycles. The average Bonchev–Trinajstić information content (AvgIpc) is 3.45. The standard InChI is InChI=1S/C34H25N3S.F2/c1-34(2,3)23-11-13-24(14-12-23)37-30-10-5-4-7-26(30)28-8-6-9-29-27(16-17-31(37)33(28)29)32-18-15-25(38-32)19-22(20-35)21-36;1-2/h4-19H,1-3H3;. The van der Waals surface area contributed by atoms with Crippen molar-refractivity contribution in [1.82, 2.24) is 0 Å². The molecule has 1 aromatic heterocycles. The summed E-state index contributed by atoms with van der Waals surface area (Å²) in [6.07, 6.45) is 1.65. The van der Waals surface area contributed by atoms with Gasteiger partial charge in [-0.15, -0.1) is 11.3 Å². The highest BCUT2D eigenvalue weighted by atomic mass is 32.1. The Hall–Kier alpha value is -4.78. The molecule has 0 radical (unpaired) electrons. The number of para-hydroxylation sites is 1. The molecule has 3 nitrogen and oxygen atoms in total. The molecule has 5 aromatic rings. The zero-order valence-electron chi connectivity index (χ0n) is 22.2. The van der Waals surface area contributed by atoms with E-state index in [0.29, 0.717) is 0 Å². The van der Waals surface area contributed by atoms with Crippen LogP contribution >= 0.6 is 11.3 Å². The normalized spacial score (nSPS) is 11.5. The zero-order chi connectivity index (χ0) is 28.4. The Kier molecular flexibility index (Phi) is 7.22. The van der Waals surface area contributed by atoms with E-state index in [0.717, 1.165) is 26.7 Å². The van der Waals surface area contributed by atoms with Gasteiger partial charge in [-0.1, -0.05) is 75.4 Å². The molecule has 196 valence electrons. The average molecular weight is 546 g/mol. The molecule has 0 saturated heterocycles. The Labute approximate surface area is 236 Å². The minimum Gasteiger partial charge on any atom is -0.309 e. The van der Waals surface area contributed by atoms with Gasteiger partial charge in [-0.05, 0) is 70.0 Å². The largest absolute Gasteiger partial charge is 0.309 e. The van der Waals surface area contributed by atoms with Crippen LogP contribution in [0.2, 0.25) is 0 Å². The van der Waals surface area contributed by atoms with Crippen molar-refractivity contribution in [2.45, 2.75) is 26.2 Å². The van der Waals surface area contributed by atoms with Crippen molar-refractivity contribution in [3.8, 4) is 33.7 Å². The van der Waals surface area contributed by atoms with Crippen LogP contribution in [0.5, 0.6) is 0 Å². The van der Waals surface area contributed by atoms with Gasteiger partial charge in [0, 0.05) is 35.5 Å². The summed E-state index contributed by atoms with van der Waals surface area (Å²) in [6, 6.07) is 36.4. The third-order valence-corrected chi connectivity index (χ3v) is 8.17. The Bertz CT molecular complexity index is 1810. The topological polar surface area (TPSA) is 50.8 Å². The van der Waals surface area contributed by atoms with E-state index < -0.39 is 0 Å². The van der Waals surface area contributed by atoms with Gasteiger partial charge in [0.1, 0.15) is 17.7 Å². The summed E-state index contributed by atoms with van der Waals surface area (Å²) in [5, 5.41) is 20.7. The van der Waals surface area contributed by atoms with Crippen LogP contribution in [0.15, 0.2) is 96.6 Å². The van der Waals surface area contributed by atoms with Crippen LogP contribution in [0.4, 0.5) is 26.2 Å². The molecule has 4 aromatic carbocycles. The molecule has 0 aliphatic carbocycles. The number of hydrogen-bond acceptors (Lipinski definition) is 4. The fourth-order valence-electron chi connectivity index (χ4n) is 5.24. The molecule has 40 heavy (non-hydrogen) atoms. The zero-order valence-corrected chi connectivity index (χ0v) is 23.1. The molecule has 0 N–H and O–H groups in total. The van der Waals surface area contributed by atoms with Gasteiger partial charge in [0.25, 0.3) is 0 Å². The first kappa shape index (κ1) is 26.8. The van der Waals surface area contributed by atoms with E-state index in [9.17, 15) is 0 Å². The fourth-order valence-corrected chi connectivity index (χ4v) is 6.23. The van der Waals surface area contributed by atoms with Crippen LogP contribution in [0.25, 0.3) is 38.4 Å². The molecule has 2 heterocycles. The third kappa shape index (κ3) is 4.64. The number of thiophene rings is 1. The number of nitriles is 2. The van der Waals surface area contributed by atoms with Gasteiger partial charge in [-0.2, -0.15) is 10.5 Å². The summed E-state index contributed by atoms with van der Waals surface area (Å²) in [5.41, 5.74) is 8.57. The van der Waals surface area contributed by atoms with Gasteiger partial charge in [-0.3, -0.25) is 0 Å². The lowest BCUT2D eigenvalue weighted by atomic mass is 9.86. The lowest BCUT2D eigenvalue weighted by molar-refractivity contribution is 0.108. The van der Waals surface area contributed by atoms with E-state index >= 15 is 0 Å². The summed E-state index contributed by atoms with van der Waals surface area (Å²) in [5.74, 6) is 0. The third-order valence-electron chi connectivity index (χ3n) is 7.11. The summed E-state index contributed by atoms with van der Waals surface area (Å²) in [4.78, 5) is 4.37. The number of allylic oxidation sites excluding steroid dienone is 1. The molecule has 0 spiro atoms. The van der Waals surface area contributed by atoms with Crippen molar-refractivity contribution >= 4 is 45.2 Å². The van der Waals surface area contributed by atoms with Crippen molar-refractivity contribution in [3.05, 3.63) is 107 Å². The van der Waals surface area contributed by atoms with Gasteiger partial charge < -0.3 is 4.90 Å². The Balaban J connectivity index is 0.00000158. The number of benzene rings is 4. The number of rotatable bonds is 3. The predicted octanol–water partition coefficient (Wildman–Crippen LogP) is 10.6. The Morgan fingerprint density at radius 3 is 2.15 bits per heavy atom. The second-order valence-corrected chi connectivity index (χ2v) is 11.6. The number of hydrogen-bond donors (Lipinski definition) is 0. The first-order valence-electron chi connectivity index (χ1n) is 12.7.